The molecule has 0 saturated carbocycles. The molecule has 2 rings (SSSR count). The van der Waals surface area contributed by atoms with Gasteiger partial charge in [0.1, 0.15) is 5.75 Å². The molecule has 1 fully saturated rings. The molecule has 1 aliphatic heterocycles. The van der Waals surface area contributed by atoms with E-state index in [0.29, 0.717) is 11.3 Å². The number of hydrogen-bond donors (Lipinski definition) is 2. The number of carbonyl (C=O) groups excluding carboxylic acids is 1. The zero-order valence-electron chi connectivity index (χ0n) is 9.04. The Balaban J connectivity index is 2.25. The van der Waals surface area contributed by atoms with Crippen molar-refractivity contribution in [2.24, 2.45) is 0 Å². The van der Waals surface area contributed by atoms with Gasteiger partial charge >= 0.3 is 12.1 Å². The summed E-state index contributed by atoms with van der Waals surface area (Å²) in [7, 11) is 1.53. The Kier molecular flexibility index (Phi) is 2.86. The molecule has 1 aromatic rings. The van der Waals surface area contributed by atoms with E-state index < -0.39 is 24.2 Å². The Bertz CT molecular complexity index is 442. The number of nitrogens with one attached hydrogen (secondary N) is 1. The molecular formula is C11H11NO5. The molecule has 1 aromatic carbocycles. The van der Waals surface area contributed by atoms with Crippen LogP contribution in [-0.2, 0) is 9.53 Å². The van der Waals surface area contributed by atoms with Crippen molar-refractivity contribution < 1.29 is 24.2 Å². The van der Waals surface area contributed by atoms with Gasteiger partial charge in [-0.3, -0.25) is 0 Å². The van der Waals surface area contributed by atoms with Crippen molar-refractivity contribution in [2.75, 3.05) is 7.11 Å². The van der Waals surface area contributed by atoms with Crippen LogP contribution in [0, 0.1) is 0 Å². The number of carboxylic acid groups (broad SMARTS) is 1. The third-order valence-electron chi connectivity index (χ3n) is 2.52. The van der Waals surface area contributed by atoms with Gasteiger partial charge in [-0.1, -0.05) is 12.1 Å². The molecule has 1 saturated heterocycles. The van der Waals surface area contributed by atoms with Gasteiger partial charge in [-0.25, -0.2) is 9.59 Å². The van der Waals surface area contributed by atoms with Gasteiger partial charge in [-0.15, -0.1) is 0 Å². The van der Waals surface area contributed by atoms with Crippen molar-refractivity contribution in [3.05, 3.63) is 29.8 Å². The number of amides is 1. The summed E-state index contributed by atoms with van der Waals surface area (Å²) in [5.74, 6) is -0.477. The molecule has 0 bridgehead atoms. The lowest BCUT2D eigenvalue weighted by atomic mass is 10.0. The van der Waals surface area contributed by atoms with Crippen LogP contribution in [0.5, 0.6) is 5.75 Å². The fraction of sp³-hybridized carbons (Fsp3) is 0.273. The van der Waals surface area contributed by atoms with Gasteiger partial charge in [0.05, 0.1) is 7.11 Å². The van der Waals surface area contributed by atoms with Crippen LogP contribution in [0.25, 0.3) is 0 Å². The van der Waals surface area contributed by atoms with Crippen LogP contribution >= 0.6 is 0 Å². The van der Waals surface area contributed by atoms with Crippen LogP contribution < -0.4 is 10.1 Å². The highest BCUT2D eigenvalue weighted by Gasteiger charge is 2.40. The average molecular weight is 237 g/mol. The topological polar surface area (TPSA) is 84.9 Å². The van der Waals surface area contributed by atoms with Gasteiger partial charge in [0.25, 0.3) is 0 Å². The minimum absolute atomic E-state index is 0.608. The number of carboxylic acids is 1. The van der Waals surface area contributed by atoms with Gasteiger partial charge in [0.15, 0.2) is 12.1 Å². The maximum Gasteiger partial charge on any atom is 0.408 e. The SMILES string of the molecule is COc1ccc([C@@H]2OC(=O)N[C@H]2C(=O)O)cc1. The van der Waals surface area contributed by atoms with Gasteiger partial charge in [0, 0.05) is 0 Å². The van der Waals surface area contributed by atoms with Crippen LogP contribution in [0.3, 0.4) is 0 Å². The first-order chi connectivity index (χ1) is 8.11. The number of hydrogen-bond acceptors (Lipinski definition) is 4. The Morgan fingerprint density at radius 1 is 1.41 bits per heavy atom. The minimum Gasteiger partial charge on any atom is -0.497 e. The lowest BCUT2D eigenvalue weighted by Crippen LogP contribution is -2.35. The monoisotopic (exact) mass is 237 g/mol. The molecule has 0 radical (unpaired) electrons. The van der Waals surface area contributed by atoms with Crippen molar-refractivity contribution in [3.63, 3.8) is 0 Å². The molecule has 1 heterocycles. The van der Waals surface area contributed by atoms with Gasteiger partial charge in [-0.05, 0) is 17.7 Å². The van der Waals surface area contributed by atoms with E-state index in [4.69, 9.17) is 14.6 Å². The van der Waals surface area contributed by atoms with E-state index >= 15 is 0 Å². The van der Waals surface area contributed by atoms with Crippen molar-refractivity contribution in [3.8, 4) is 5.75 Å². The second kappa shape index (κ2) is 4.32. The molecule has 6 heteroatoms. The minimum atomic E-state index is -1.13. The van der Waals surface area contributed by atoms with Crippen LogP contribution in [0.1, 0.15) is 11.7 Å². The molecule has 6 nitrogen and oxygen atoms in total. The number of benzene rings is 1. The summed E-state index contributed by atoms with van der Waals surface area (Å²) >= 11 is 0. The summed E-state index contributed by atoms with van der Waals surface area (Å²) in [6, 6.07) is 5.64. The largest absolute Gasteiger partial charge is 0.497 e. The van der Waals surface area contributed by atoms with E-state index in [0.717, 1.165) is 0 Å². The van der Waals surface area contributed by atoms with Crippen LogP contribution in [0.2, 0.25) is 0 Å². The molecule has 1 aliphatic rings. The first-order valence-electron chi connectivity index (χ1n) is 4.95. The third-order valence-corrected chi connectivity index (χ3v) is 2.52. The fourth-order valence-corrected chi connectivity index (χ4v) is 1.67. The van der Waals surface area contributed by atoms with E-state index in [1.165, 1.54) is 7.11 Å². The maximum atomic E-state index is 11.0. The van der Waals surface area contributed by atoms with E-state index in [-0.39, 0.29) is 0 Å². The van der Waals surface area contributed by atoms with E-state index in [1.54, 1.807) is 24.3 Å². The number of alkyl carbamates (subject to hydrolysis) is 1. The predicted octanol–water partition coefficient (Wildman–Crippen LogP) is 0.929. The molecule has 0 aliphatic carbocycles. The molecule has 2 N–H and O–H groups in total. The summed E-state index contributed by atoms with van der Waals surface area (Å²) in [4.78, 5) is 22.0. The number of ether oxygens (including phenoxy) is 2. The maximum absolute atomic E-state index is 11.0. The first kappa shape index (κ1) is 11.3. The summed E-state index contributed by atoms with van der Waals surface area (Å²) in [5.41, 5.74) is 0.608. The smallest absolute Gasteiger partial charge is 0.408 e. The Morgan fingerprint density at radius 3 is 2.59 bits per heavy atom. The quantitative estimate of drug-likeness (QED) is 0.816. The van der Waals surface area contributed by atoms with Crippen molar-refractivity contribution in [1.29, 1.82) is 0 Å². The zero-order valence-corrected chi connectivity index (χ0v) is 9.04. The molecule has 0 unspecified atom stereocenters. The number of carbonyl (C=O) groups is 2. The van der Waals surface area contributed by atoms with Crippen LogP contribution in [-0.4, -0.2) is 30.3 Å². The fourth-order valence-electron chi connectivity index (χ4n) is 1.67. The third kappa shape index (κ3) is 2.15. The predicted molar refractivity (Wildman–Crippen MR) is 56.8 cm³/mol. The highest BCUT2D eigenvalue weighted by atomic mass is 16.6. The van der Waals surface area contributed by atoms with Crippen molar-refractivity contribution >= 4 is 12.1 Å². The van der Waals surface area contributed by atoms with E-state index in [1.807, 2.05) is 0 Å². The number of aliphatic carboxylic acids is 1. The summed E-state index contributed by atoms with van der Waals surface area (Å²) in [6.45, 7) is 0. The lowest BCUT2D eigenvalue weighted by molar-refractivity contribution is -0.140. The van der Waals surface area contributed by atoms with Crippen LogP contribution in [0.15, 0.2) is 24.3 Å². The normalized spacial score (nSPS) is 22.8. The second-order valence-corrected chi connectivity index (χ2v) is 3.56. The highest BCUT2D eigenvalue weighted by molar-refractivity contribution is 5.84. The van der Waals surface area contributed by atoms with Crippen molar-refractivity contribution in [1.82, 2.24) is 5.32 Å². The van der Waals surface area contributed by atoms with Gasteiger partial charge in [0.2, 0.25) is 0 Å². The molecule has 0 spiro atoms. The van der Waals surface area contributed by atoms with Crippen molar-refractivity contribution in [2.45, 2.75) is 12.1 Å². The molecule has 2 atom stereocenters. The molecule has 90 valence electrons. The van der Waals surface area contributed by atoms with Gasteiger partial charge < -0.3 is 19.9 Å². The highest BCUT2D eigenvalue weighted by Crippen LogP contribution is 2.27. The Labute approximate surface area is 97.1 Å². The summed E-state index contributed by atoms with van der Waals surface area (Å²) in [6.07, 6.45) is -1.54. The number of cyclic esters (lactones) is 1. The van der Waals surface area contributed by atoms with Crippen LogP contribution in [0.4, 0.5) is 4.79 Å². The number of rotatable bonds is 3. The molecule has 1 amide bonds. The number of methoxy groups -OCH3 is 1. The Morgan fingerprint density at radius 2 is 2.06 bits per heavy atom. The summed E-state index contributed by atoms with van der Waals surface area (Å²) < 4.78 is 9.91. The first-order valence-corrected chi connectivity index (χ1v) is 4.95. The standard InChI is InChI=1S/C11H11NO5/c1-16-7-4-2-6(3-5-7)9-8(10(13)14)12-11(15)17-9/h2-5,8-9H,1H3,(H,12,15)(H,13,14)/t8-,9+/m1/s1. The molecule has 0 aromatic heterocycles. The summed E-state index contributed by atoms with van der Waals surface area (Å²) in [5, 5.41) is 11.2. The zero-order chi connectivity index (χ0) is 12.4. The molecule has 17 heavy (non-hydrogen) atoms. The Hall–Kier alpha value is -2.24. The lowest BCUT2D eigenvalue weighted by Gasteiger charge is -2.13. The second-order valence-electron chi connectivity index (χ2n) is 3.56. The molecular weight excluding hydrogens is 226 g/mol. The van der Waals surface area contributed by atoms with E-state index in [2.05, 4.69) is 5.32 Å². The van der Waals surface area contributed by atoms with Gasteiger partial charge in [-0.2, -0.15) is 0 Å². The average Bonchev–Trinajstić information content (AvgIpc) is 2.72. The van der Waals surface area contributed by atoms with E-state index in [9.17, 15) is 9.59 Å².